The SMILES string of the molecule is ClCc1cccc2cc(Cl)c(Cl)nc12. The van der Waals surface area contributed by atoms with Gasteiger partial charge in [0.2, 0.25) is 0 Å². The summed E-state index contributed by atoms with van der Waals surface area (Å²) in [4.78, 5) is 4.20. The van der Waals surface area contributed by atoms with Crippen molar-refractivity contribution in [3.8, 4) is 0 Å². The van der Waals surface area contributed by atoms with Gasteiger partial charge in [-0.2, -0.15) is 0 Å². The van der Waals surface area contributed by atoms with Crippen LogP contribution in [0.3, 0.4) is 0 Å². The van der Waals surface area contributed by atoms with Gasteiger partial charge in [0.1, 0.15) is 5.15 Å². The molecular formula is C10H6Cl3N. The van der Waals surface area contributed by atoms with Crippen LogP contribution in [0.4, 0.5) is 0 Å². The molecule has 2 rings (SSSR count). The van der Waals surface area contributed by atoms with Crippen molar-refractivity contribution in [2.24, 2.45) is 0 Å². The minimum absolute atomic E-state index is 0.316. The lowest BCUT2D eigenvalue weighted by atomic mass is 10.1. The largest absolute Gasteiger partial charge is 0.234 e. The number of benzene rings is 1. The van der Waals surface area contributed by atoms with Crippen molar-refractivity contribution in [3.63, 3.8) is 0 Å². The zero-order valence-electron chi connectivity index (χ0n) is 7.10. The Morgan fingerprint density at radius 1 is 1.21 bits per heavy atom. The quantitative estimate of drug-likeness (QED) is 0.540. The van der Waals surface area contributed by atoms with Crippen LogP contribution in [-0.4, -0.2) is 4.98 Å². The first-order valence-electron chi connectivity index (χ1n) is 4.02. The lowest BCUT2D eigenvalue weighted by molar-refractivity contribution is 1.34. The maximum atomic E-state index is 5.86. The molecule has 0 bridgehead atoms. The van der Waals surface area contributed by atoms with Gasteiger partial charge in [-0.05, 0) is 11.6 Å². The predicted octanol–water partition coefficient (Wildman–Crippen LogP) is 4.28. The fraction of sp³-hybridized carbons (Fsp3) is 0.100. The number of alkyl halides is 1. The third-order valence-corrected chi connectivity index (χ3v) is 2.94. The first kappa shape index (κ1) is 10.0. The lowest BCUT2D eigenvalue weighted by Gasteiger charge is -2.03. The van der Waals surface area contributed by atoms with Crippen LogP contribution in [0.1, 0.15) is 5.56 Å². The monoisotopic (exact) mass is 245 g/mol. The van der Waals surface area contributed by atoms with Crippen molar-refractivity contribution in [2.45, 2.75) is 5.88 Å². The topological polar surface area (TPSA) is 12.9 Å². The molecule has 0 spiro atoms. The molecule has 1 aromatic heterocycles. The molecule has 0 saturated heterocycles. The van der Waals surface area contributed by atoms with E-state index in [0.717, 1.165) is 16.5 Å². The molecular weight excluding hydrogens is 240 g/mol. The molecule has 0 radical (unpaired) electrons. The summed E-state index contributed by atoms with van der Waals surface area (Å²) in [5.41, 5.74) is 1.78. The summed E-state index contributed by atoms with van der Waals surface area (Å²) in [6.45, 7) is 0. The highest BCUT2D eigenvalue weighted by atomic mass is 35.5. The Bertz CT molecular complexity index is 482. The summed E-state index contributed by atoms with van der Waals surface area (Å²) in [5, 5.41) is 1.74. The van der Waals surface area contributed by atoms with Crippen molar-refractivity contribution in [2.75, 3.05) is 0 Å². The van der Waals surface area contributed by atoms with E-state index in [1.807, 2.05) is 18.2 Å². The molecule has 0 unspecified atom stereocenters. The first-order chi connectivity index (χ1) is 6.72. The summed E-state index contributed by atoms with van der Waals surface area (Å²) in [6, 6.07) is 7.57. The number of halogens is 3. The Kier molecular flexibility index (Phi) is 2.82. The van der Waals surface area contributed by atoms with E-state index in [1.165, 1.54) is 0 Å². The Labute approximate surface area is 96.6 Å². The second-order valence-electron chi connectivity index (χ2n) is 2.88. The van der Waals surface area contributed by atoms with Crippen LogP contribution in [0.25, 0.3) is 10.9 Å². The normalized spacial score (nSPS) is 10.8. The van der Waals surface area contributed by atoms with Crippen LogP contribution < -0.4 is 0 Å². The highest BCUT2D eigenvalue weighted by Crippen LogP contribution is 2.26. The smallest absolute Gasteiger partial charge is 0.148 e. The molecule has 14 heavy (non-hydrogen) atoms. The summed E-state index contributed by atoms with van der Waals surface area (Å²) >= 11 is 17.5. The van der Waals surface area contributed by atoms with Crippen molar-refractivity contribution in [3.05, 3.63) is 40.0 Å². The number of fused-ring (bicyclic) bond motifs is 1. The van der Waals surface area contributed by atoms with Gasteiger partial charge in [-0.3, -0.25) is 0 Å². The summed E-state index contributed by atoms with van der Waals surface area (Å²) in [6.07, 6.45) is 0. The van der Waals surface area contributed by atoms with Crippen molar-refractivity contribution in [1.29, 1.82) is 0 Å². The number of nitrogens with zero attached hydrogens (tertiary/aromatic N) is 1. The van der Waals surface area contributed by atoms with Gasteiger partial charge >= 0.3 is 0 Å². The van der Waals surface area contributed by atoms with Gasteiger partial charge in [-0.25, -0.2) is 4.98 Å². The standard InChI is InChI=1S/C10H6Cl3N/c11-5-7-3-1-2-6-4-8(12)10(13)14-9(6)7/h1-4H,5H2. The molecule has 72 valence electrons. The van der Waals surface area contributed by atoms with Crippen LogP contribution in [0.5, 0.6) is 0 Å². The van der Waals surface area contributed by atoms with Crippen LogP contribution in [0.15, 0.2) is 24.3 Å². The van der Waals surface area contributed by atoms with Gasteiger partial charge in [0, 0.05) is 11.3 Å². The molecule has 1 heterocycles. The highest BCUT2D eigenvalue weighted by molar-refractivity contribution is 6.41. The van der Waals surface area contributed by atoms with Gasteiger partial charge < -0.3 is 0 Å². The van der Waals surface area contributed by atoms with Crippen molar-refractivity contribution < 1.29 is 0 Å². The maximum Gasteiger partial charge on any atom is 0.148 e. The predicted molar refractivity (Wildman–Crippen MR) is 61.3 cm³/mol. The van der Waals surface area contributed by atoms with Crippen LogP contribution in [0, 0.1) is 0 Å². The minimum atomic E-state index is 0.316. The molecule has 0 amide bonds. The summed E-state index contributed by atoms with van der Waals surface area (Å²) < 4.78 is 0. The third-order valence-electron chi connectivity index (χ3n) is 1.98. The lowest BCUT2D eigenvalue weighted by Crippen LogP contribution is -1.87. The molecule has 0 aliphatic heterocycles. The Morgan fingerprint density at radius 2 is 2.00 bits per heavy atom. The van der Waals surface area contributed by atoms with Crippen molar-refractivity contribution >= 4 is 45.7 Å². The van der Waals surface area contributed by atoms with Crippen molar-refractivity contribution in [1.82, 2.24) is 4.98 Å². The highest BCUT2D eigenvalue weighted by Gasteiger charge is 2.05. The number of pyridine rings is 1. The Hall–Kier alpha value is -0.500. The molecule has 0 aliphatic rings. The molecule has 0 aliphatic carbocycles. The summed E-state index contributed by atoms with van der Waals surface area (Å²) in [7, 11) is 0. The van der Waals surface area contributed by atoms with Gasteiger partial charge in [0.05, 0.1) is 10.5 Å². The molecule has 1 nitrogen and oxygen atoms in total. The van der Waals surface area contributed by atoms with Gasteiger partial charge in [-0.15, -0.1) is 11.6 Å². The number of para-hydroxylation sites is 1. The zero-order chi connectivity index (χ0) is 10.1. The number of rotatable bonds is 1. The molecule has 0 fully saturated rings. The molecule has 0 saturated carbocycles. The maximum absolute atomic E-state index is 5.86. The summed E-state index contributed by atoms with van der Waals surface area (Å²) in [5.74, 6) is 0.419. The molecule has 1 aromatic carbocycles. The van der Waals surface area contributed by atoms with E-state index >= 15 is 0 Å². The van der Waals surface area contributed by atoms with E-state index in [-0.39, 0.29) is 0 Å². The fourth-order valence-electron chi connectivity index (χ4n) is 1.32. The fourth-order valence-corrected chi connectivity index (χ4v) is 1.83. The van der Waals surface area contributed by atoms with Crippen LogP contribution in [-0.2, 0) is 5.88 Å². The number of hydrogen-bond donors (Lipinski definition) is 0. The van der Waals surface area contributed by atoms with E-state index in [9.17, 15) is 0 Å². The Morgan fingerprint density at radius 3 is 2.71 bits per heavy atom. The van der Waals surface area contributed by atoms with E-state index in [4.69, 9.17) is 34.8 Å². The average Bonchev–Trinajstić information content (AvgIpc) is 2.19. The molecule has 0 atom stereocenters. The third kappa shape index (κ3) is 1.68. The van der Waals surface area contributed by atoms with E-state index in [0.29, 0.717) is 16.1 Å². The van der Waals surface area contributed by atoms with Gasteiger partial charge in [0.15, 0.2) is 0 Å². The Balaban J connectivity index is 2.81. The molecule has 2 aromatic rings. The van der Waals surface area contributed by atoms with E-state index in [2.05, 4.69) is 4.98 Å². The number of hydrogen-bond acceptors (Lipinski definition) is 1. The van der Waals surface area contributed by atoms with Gasteiger partial charge in [0.25, 0.3) is 0 Å². The number of aromatic nitrogens is 1. The van der Waals surface area contributed by atoms with E-state index < -0.39 is 0 Å². The second kappa shape index (κ2) is 3.93. The first-order valence-corrected chi connectivity index (χ1v) is 5.31. The van der Waals surface area contributed by atoms with Crippen LogP contribution >= 0.6 is 34.8 Å². The second-order valence-corrected chi connectivity index (χ2v) is 3.92. The van der Waals surface area contributed by atoms with E-state index in [1.54, 1.807) is 6.07 Å². The average molecular weight is 247 g/mol. The van der Waals surface area contributed by atoms with Crippen LogP contribution in [0.2, 0.25) is 10.2 Å². The molecule has 0 N–H and O–H groups in total. The molecule has 4 heteroatoms. The van der Waals surface area contributed by atoms with Gasteiger partial charge in [-0.1, -0.05) is 41.4 Å². The zero-order valence-corrected chi connectivity index (χ0v) is 9.37. The minimum Gasteiger partial charge on any atom is -0.234 e.